The molecule has 1 aliphatic heterocycles. The van der Waals surface area contributed by atoms with E-state index in [9.17, 15) is 9.59 Å². The summed E-state index contributed by atoms with van der Waals surface area (Å²) in [5.74, 6) is 0.191. The molecular formula is C8H14N2O2. The Labute approximate surface area is 72.1 Å². The zero-order valence-electron chi connectivity index (χ0n) is 7.54. The molecule has 68 valence electrons. The first-order valence-corrected chi connectivity index (χ1v) is 4.12. The quantitative estimate of drug-likeness (QED) is 0.500. The van der Waals surface area contributed by atoms with Gasteiger partial charge in [0.15, 0.2) is 0 Å². The Kier molecular flexibility index (Phi) is 2.68. The molecule has 0 N–H and O–H groups in total. The summed E-state index contributed by atoms with van der Waals surface area (Å²) < 4.78 is 0. The number of hydrogen-bond acceptors (Lipinski definition) is 2. The van der Waals surface area contributed by atoms with E-state index in [4.69, 9.17) is 0 Å². The molecule has 0 bridgehead atoms. The van der Waals surface area contributed by atoms with Gasteiger partial charge in [-0.2, -0.15) is 0 Å². The van der Waals surface area contributed by atoms with Gasteiger partial charge in [-0.25, -0.2) is 0 Å². The van der Waals surface area contributed by atoms with Crippen LogP contribution in [-0.2, 0) is 9.59 Å². The summed E-state index contributed by atoms with van der Waals surface area (Å²) in [7, 11) is 0. The second-order valence-corrected chi connectivity index (χ2v) is 3.01. The van der Waals surface area contributed by atoms with Crippen LogP contribution in [0.1, 0.15) is 13.8 Å². The van der Waals surface area contributed by atoms with Crippen LogP contribution >= 0.6 is 0 Å². The van der Waals surface area contributed by atoms with Gasteiger partial charge in [0.1, 0.15) is 0 Å². The number of hydrogen-bond donors (Lipinski definition) is 0. The van der Waals surface area contributed by atoms with Crippen LogP contribution in [0.3, 0.4) is 0 Å². The number of carbonyl (C=O) groups excluding carboxylic acids is 2. The summed E-state index contributed by atoms with van der Waals surface area (Å²) in [4.78, 5) is 25.3. The molecule has 0 atom stereocenters. The maximum atomic E-state index is 10.9. The summed E-state index contributed by atoms with van der Waals surface area (Å²) in [6, 6.07) is 0. The molecule has 0 aliphatic carbocycles. The number of rotatable bonds is 0. The molecule has 4 heteroatoms. The van der Waals surface area contributed by atoms with Crippen molar-refractivity contribution in [1.29, 1.82) is 0 Å². The molecule has 1 aliphatic rings. The van der Waals surface area contributed by atoms with Gasteiger partial charge in [-0.05, 0) is 0 Å². The van der Waals surface area contributed by atoms with Crippen molar-refractivity contribution in [2.45, 2.75) is 13.8 Å². The highest BCUT2D eigenvalue weighted by molar-refractivity contribution is 5.75. The van der Waals surface area contributed by atoms with Crippen molar-refractivity contribution in [1.82, 2.24) is 9.80 Å². The van der Waals surface area contributed by atoms with Gasteiger partial charge >= 0.3 is 0 Å². The average Bonchev–Trinajstić information content (AvgIpc) is 2.04. The van der Waals surface area contributed by atoms with Crippen LogP contribution in [-0.4, -0.2) is 47.8 Å². The zero-order chi connectivity index (χ0) is 9.14. The van der Waals surface area contributed by atoms with Crippen molar-refractivity contribution in [3.05, 3.63) is 0 Å². The third kappa shape index (κ3) is 1.96. The van der Waals surface area contributed by atoms with Crippen molar-refractivity contribution in [3.63, 3.8) is 0 Å². The van der Waals surface area contributed by atoms with Crippen LogP contribution < -0.4 is 0 Å². The first kappa shape index (κ1) is 9.03. The normalized spacial score (nSPS) is 17.8. The molecule has 0 unspecified atom stereocenters. The Morgan fingerprint density at radius 1 is 0.833 bits per heavy atom. The van der Waals surface area contributed by atoms with Crippen LogP contribution in [0.5, 0.6) is 0 Å². The lowest BCUT2D eigenvalue weighted by atomic mass is 10.3. The van der Waals surface area contributed by atoms with Gasteiger partial charge in [-0.3, -0.25) is 9.59 Å². The van der Waals surface area contributed by atoms with E-state index in [1.165, 1.54) is 0 Å². The fourth-order valence-corrected chi connectivity index (χ4v) is 1.34. The SMILES string of the molecule is CC(=O)N1CCN(C(C)=O)CC1. The highest BCUT2D eigenvalue weighted by atomic mass is 16.2. The summed E-state index contributed by atoms with van der Waals surface area (Å²) >= 11 is 0. The number of piperazine rings is 1. The van der Waals surface area contributed by atoms with E-state index in [2.05, 4.69) is 0 Å². The highest BCUT2D eigenvalue weighted by Gasteiger charge is 2.19. The minimum absolute atomic E-state index is 0.0956. The van der Waals surface area contributed by atoms with E-state index in [0.717, 1.165) is 0 Å². The van der Waals surface area contributed by atoms with E-state index < -0.39 is 0 Å². The molecule has 0 spiro atoms. The lowest BCUT2D eigenvalue weighted by Gasteiger charge is -2.33. The average molecular weight is 170 g/mol. The summed E-state index contributed by atoms with van der Waals surface area (Å²) in [6.07, 6.45) is 0. The van der Waals surface area contributed by atoms with Gasteiger partial charge < -0.3 is 9.80 Å². The molecular weight excluding hydrogens is 156 g/mol. The van der Waals surface area contributed by atoms with Crippen LogP contribution in [0, 0.1) is 0 Å². The first-order chi connectivity index (χ1) is 5.61. The lowest BCUT2D eigenvalue weighted by Crippen LogP contribution is -2.49. The molecule has 2 amide bonds. The molecule has 0 aromatic carbocycles. The van der Waals surface area contributed by atoms with Gasteiger partial charge in [0.05, 0.1) is 0 Å². The predicted molar refractivity (Wildman–Crippen MR) is 44.5 cm³/mol. The minimum Gasteiger partial charge on any atom is -0.339 e. The molecule has 0 aromatic heterocycles. The van der Waals surface area contributed by atoms with E-state index >= 15 is 0 Å². The second kappa shape index (κ2) is 3.56. The van der Waals surface area contributed by atoms with Crippen molar-refractivity contribution < 1.29 is 9.59 Å². The molecule has 4 nitrogen and oxygen atoms in total. The third-order valence-electron chi connectivity index (χ3n) is 2.17. The van der Waals surface area contributed by atoms with Gasteiger partial charge in [0.2, 0.25) is 11.8 Å². The maximum Gasteiger partial charge on any atom is 0.219 e. The monoisotopic (exact) mass is 170 g/mol. The largest absolute Gasteiger partial charge is 0.339 e. The smallest absolute Gasteiger partial charge is 0.219 e. The predicted octanol–water partition coefficient (Wildman–Crippen LogP) is -0.303. The Morgan fingerprint density at radius 2 is 1.08 bits per heavy atom. The molecule has 1 saturated heterocycles. The molecule has 1 heterocycles. The van der Waals surface area contributed by atoms with E-state index in [1.807, 2.05) is 0 Å². The highest BCUT2D eigenvalue weighted by Crippen LogP contribution is 2.01. The summed E-state index contributed by atoms with van der Waals surface area (Å²) in [6.45, 7) is 5.82. The van der Waals surface area contributed by atoms with Crippen molar-refractivity contribution >= 4 is 11.8 Å². The van der Waals surface area contributed by atoms with Gasteiger partial charge in [0, 0.05) is 40.0 Å². The Morgan fingerprint density at radius 3 is 1.25 bits per heavy atom. The first-order valence-electron chi connectivity index (χ1n) is 4.12. The lowest BCUT2D eigenvalue weighted by molar-refractivity contribution is -0.137. The molecule has 0 radical (unpaired) electrons. The van der Waals surface area contributed by atoms with Crippen molar-refractivity contribution in [3.8, 4) is 0 Å². The third-order valence-corrected chi connectivity index (χ3v) is 2.17. The van der Waals surface area contributed by atoms with Crippen LogP contribution in [0.4, 0.5) is 0 Å². The van der Waals surface area contributed by atoms with Gasteiger partial charge in [-0.15, -0.1) is 0 Å². The van der Waals surface area contributed by atoms with Crippen molar-refractivity contribution in [2.24, 2.45) is 0 Å². The van der Waals surface area contributed by atoms with Gasteiger partial charge in [-0.1, -0.05) is 0 Å². The zero-order valence-corrected chi connectivity index (χ0v) is 7.54. The van der Waals surface area contributed by atoms with E-state index in [-0.39, 0.29) is 11.8 Å². The molecule has 1 fully saturated rings. The van der Waals surface area contributed by atoms with Crippen LogP contribution in [0.25, 0.3) is 0 Å². The minimum atomic E-state index is 0.0956. The molecule has 12 heavy (non-hydrogen) atoms. The fourth-order valence-electron chi connectivity index (χ4n) is 1.34. The number of nitrogens with zero attached hydrogens (tertiary/aromatic N) is 2. The second-order valence-electron chi connectivity index (χ2n) is 3.01. The standard InChI is InChI=1S/C8H14N2O2/c1-7(11)9-3-5-10(6-4-9)8(2)12/h3-6H2,1-2H3. The molecule has 0 saturated carbocycles. The van der Waals surface area contributed by atoms with Crippen LogP contribution in [0.15, 0.2) is 0 Å². The van der Waals surface area contributed by atoms with Crippen LogP contribution in [0.2, 0.25) is 0 Å². The Hall–Kier alpha value is -1.06. The van der Waals surface area contributed by atoms with E-state index in [0.29, 0.717) is 26.2 Å². The Balaban J connectivity index is 2.39. The van der Waals surface area contributed by atoms with Crippen molar-refractivity contribution in [2.75, 3.05) is 26.2 Å². The summed E-state index contributed by atoms with van der Waals surface area (Å²) in [5, 5.41) is 0. The fraction of sp³-hybridized carbons (Fsp3) is 0.750. The van der Waals surface area contributed by atoms with Gasteiger partial charge in [0.25, 0.3) is 0 Å². The molecule has 0 aromatic rings. The number of carbonyl (C=O) groups is 2. The Bertz CT molecular complexity index is 173. The maximum absolute atomic E-state index is 10.9. The van der Waals surface area contributed by atoms with E-state index in [1.54, 1.807) is 23.6 Å². The molecule has 1 rings (SSSR count). The topological polar surface area (TPSA) is 40.6 Å². The number of amides is 2. The summed E-state index contributed by atoms with van der Waals surface area (Å²) in [5.41, 5.74) is 0.